The Hall–Kier alpha value is -1.02. The van der Waals surface area contributed by atoms with Crippen LogP contribution in [-0.4, -0.2) is 45.9 Å². The number of aliphatic imine (C=N–C) groups is 1. The summed E-state index contributed by atoms with van der Waals surface area (Å²) in [5.74, 6) is 1.64. The summed E-state index contributed by atoms with van der Waals surface area (Å²) in [5.41, 5.74) is 0.931. The molecule has 138 valence electrons. The maximum Gasteiger partial charge on any atom is 0.191 e. The van der Waals surface area contributed by atoms with E-state index in [1.807, 2.05) is 26.0 Å². The van der Waals surface area contributed by atoms with Crippen molar-refractivity contribution in [2.24, 2.45) is 4.99 Å². The van der Waals surface area contributed by atoms with Crippen molar-refractivity contribution in [3.05, 3.63) is 29.8 Å². The topological polar surface area (TPSA) is 54.9 Å². The van der Waals surface area contributed by atoms with Gasteiger partial charge in [0.15, 0.2) is 5.96 Å². The van der Waals surface area contributed by atoms with Crippen molar-refractivity contribution >= 4 is 29.9 Å². The van der Waals surface area contributed by atoms with Crippen molar-refractivity contribution in [1.29, 1.82) is 0 Å². The van der Waals surface area contributed by atoms with E-state index in [2.05, 4.69) is 41.6 Å². The van der Waals surface area contributed by atoms with E-state index in [0.29, 0.717) is 6.54 Å². The predicted octanol–water partition coefficient (Wildman–Crippen LogP) is 3.18. The molecule has 0 saturated heterocycles. The molecule has 0 aliphatic rings. The Bertz CT molecular complexity index is 531. The van der Waals surface area contributed by atoms with Crippen LogP contribution >= 0.6 is 24.0 Å². The first-order chi connectivity index (χ1) is 10.7. The molecular weight excluding hydrogens is 417 g/mol. The van der Waals surface area contributed by atoms with Crippen molar-refractivity contribution in [1.82, 2.24) is 10.6 Å². The highest BCUT2D eigenvalue weighted by atomic mass is 127. The van der Waals surface area contributed by atoms with Crippen LogP contribution in [0.2, 0.25) is 0 Å². The minimum Gasteiger partial charge on any atom is -0.497 e. The molecule has 0 atom stereocenters. The van der Waals surface area contributed by atoms with Gasteiger partial charge in [0.25, 0.3) is 0 Å². The number of hydrogen-bond acceptors (Lipinski definition) is 3. The summed E-state index contributed by atoms with van der Waals surface area (Å²) in [6.45, 7) is 9.90. The molecule has 24 heavy (non-hydrogen) atoms. The minimum atomic E-state index is -0.236. The highest BCUT2D eigenvalue weighted by molar-refractivity contribution is 14.0. The van der Waals surface area contributed by atoms with E-state index in [0.717, 1.165) is 18.3 Å². The lowest BCUT2D eigenvalue weighted by atomic mass is 9.84. The second kappa shape index (κ2) is 10.1. The Morgan fingerprint density at radius 3 is 2.25 bits per heavy atom. The van der Waals surface area contributed by atoms with Crippen LogP contribution in [0.3, 0.4) is 0 Å². The molecule has 0 spiro atoms. The monoisotopic (exact) mass is 449 g/mol. The molecule has 0 unspecified atom stereocenters. The van der Waals surface area contributed by atoms with Gasteiger partial charge in [-0.25, -0.2) is 0 Å². The van der Waals surface area contributed by atoms with Crippen LogP contribution in [0.1, 0.15) is 33.3 Å². The van der Waals surface area contributed by atoms with Crippen molar-refractivity contribution in [2.45, 2.75) is 38.7 Å². The molecule has 5 nitrogen and oxygen atoms in total. The quantitative estimate of drug-likeness (QED) is 0.382. The van der Waals surface area contributed by atoms with E-state index < -0.39 is 0 Å². The number of benzene rings is 1. The minimum absolute atomic E-state index is 0. The third-order valence-electron chi connectivity index (χ3n) is 4.01. The molecule has 1 rings (SSSR count). The second-order valence-electron chi connectivity index (χ2n) is 6.86. The number of halogens is 1. The summed E-state index contributed by atoms with van der Waals surface area (Å²) in [6.07, 6.45) is 0. The van der Waals surface area contributed by atoms with Crippen LogP contribution in [0.5, 0.6) is 5.75 Å². The third kappa shape index (κ3) is 7.25. The lowest BCUT2D eigenvalue weighted by Crippen LogP contribution is -2.48. The van der Waals surface area contributed by atoms with Gasteiger partial charge in [0.1, 0.15) is 5.75 Å². The molecule has 1 aromatic rings. The number of rotatable bonds is 7. The van der Waals surface area contributed by atoms with Crippen LogP contribution in [0.25, 0.3) is 0 Å². The van der Waals surface area contributed by atoms with Gasteiger partial charge in [-0.3, -0.25) is 4.99 Å². The number of nitrogens with zero attached hydrogens (tertiary/aromatic N) is 1. The van der Waals surface area contributed by atoms with Gasteiger partial charge < -0.3 is 20.1 Å². The Kier molecular flexibility index (Phi) is 9.65. The second-order valence-corrected chi connectivity index (χ2v) is 6.86. The number of ether oxygens (including phenoxy) is 2. The van der Waals surface area contributed by atoms with Gasteiger partial charge in [-0.05, 0) is 31.5 Å². The number of nitrogens with one attached hydrogen (secondary N) is 2. The van der Waals surface area contributed by atoms with Gasteiger partial charge in [0.05, 0.1) is 12.7 Å². The lowest BCUT2D eigenvalue weighted by Gasteiger charge is -2.28. The van der Waals surface area contributed by atoms with Crippen molar-refractivity contribution in [2.75, 3.05) is 34.4 Å². The van der Waals surface area contributed by atoms with Crippen LogP contribution < -0.4 is 15.4 Å². The summed E-state index contributed by atoms with van der Waals surface area (Å²) in [7, 11) is 5.17. The van der Waals surface area contributed by atoms with Crippen LogP contribution in [-0.2, 0) is 10.2 Å². The third-order valence-corrected chi connectivity index (χ3v) is 4.01. The smallest absolute Gasteiger partial charge is 0.191 e. The standard InChI is InChI=1S/C18H31N3O2.HI/c1-17(2,14-9-8-10-15(11-14)22-6)12-20-16(19-5)21-13-18(3,4)23-7;/h8-11H,12-13H2,1-7H3,(H2,19,20,21);1H. The lowest BCUT2D eigenvalue weighted by molar-refractivity contribution is 0.0268. The SMILES string of the molecule is CN=C(NCC(C)(C)OC)NCC(C)(C)c1cccc(OC)c1.I. The van der Waals surface area contributed by atoms with E-state index in [-0.39, 0.29) is 35.0 Å². The van der Waals surface area contributed by atoms with Gasteiger partial charge >= 0.3 is 0 Å². The largest absolute Gasteiger partial charge is 0.497 e. The van der Waals surface area contributed by atoms with Gasteiger partial charge in [-0.2, -0.15) is 0 Å². The summed E-state index contributed by atoms with van der Waals surface area (Å²) < 4.78 is 10.7. The fourth-order valence-electron chi connectivity index (χ4n) is 2.04. The first-order valence-corrected chi connectivity index (χ1v) is 7.88. The number of guanidine groups is 1. The highest BCUT2D eigenvalue weighted by Gasteiger charge is 2.22. The predicted molar refractivity (Wildman–Crippen MR) is 112 cm³/mol. The molecule has 0 radical (unpaired) electrons. The maximum absolute atomic E-state index is 5.41. The van der Waals surface area contributed by atoms with E-state index in [1.165, 1.54) is 5.56 Å². The Labute approximate surface area is 163 Å². The van der Waals surface area contributed by atoms with Gasteiger partial charge in [0, 0.05) is 32.7 Å². The normalized spacial score (nSPS) is 12.4. The zero-order valence-corrected chi connectivity index (χ0v) is 18.2. The first kappa shape index (κ1) is 23.0. The first-order valence-electron chi connectivity index (χ1n) is 7.88. The molecule has 0 bridgehead atoms. The molecule has 1 aromatic carbocycles. The summed E-state index contributed by atoms with van der Waals surface area (Å²) in [4.78, 5) is 4.27. The fourth-order valence-corrected chi connectivity index (χ4v) is 2.04. The van der Waals surface area contributed by atoms with E-state index >= 15 is 0 Å². The molecule has 0 fully saturated rings. The summed E-state index contributed by atoms with van der Waals surface area (Å²) in [6, 6.07) is 8.17. The summed E-state index contributed by atoms with van der Waals surface area (Å²) in [5, 5.41) is 6.68. The Morgan fingerprint density at radius 1 is 1.08 bits per heavy atom. The molecule has 0 aliphatic heterocycles. The molecule has 0 aliphatic carbocycles. The average Bonchev–Trinajstić information content (AvgIpc) is 2.55. The maximum atomic E-state index is 5.41. The highest BCUT2D eigenvalue weighted by Crippen LogP contribution is 2.25. The van der Waals surface area contributed by atoms with Crippen LogP contribution in [0.15, 0.2) is 29.3 Å². The van der Waals surface area contributed by atoms with Crippen LogP contribution in [0.4, 0.5) is 0 Å². The molecule has 0 heterocycles. The number of methoxy groups -OCH3 is 2. The Balaban J connectivity index is 0.00000529. The molecule has 2 N–H and O–H groups in total. The van der Waals surface area contributed by atoms with E-state index in [4.69, 9.17) is 9.47 Å². The van der Waals surface area contributed by atoms with Gasteiger partial charge in [0.2, 0.25) is 0 Å². The number of hydrogen-bond donors (Lipinski definition) is 2. The van der Waals surface area contributed by atoms with E-state index in [1.54, 1.807) is 21.3 Å². The molecule has 0 amide bonds. The van der Waals surface area contributed by atoms with Crippen molar-refractivity contribution < 1.29 is 9.47 Å². The average molecular weight is 449 g/mol. The summed E-state index contributed by atoms with van der Waals surface area (Å²) >= 11 is 0. The molecule has 0 aromatic heterocycles. The van der Waals surface area contributed by atoms with Crippen molar-refractivity contribution in [3.63, 3.8) is 0 Å². The van der Waals surface area contributed by atoms with Crippen molar-refractivity contribution in [3.8, 4) is 5.75 Å². The molecule has 6 heteroatoms. The zero-order valence-electron chi connectivity index (χ0n) is 15.9. The fraction of sp³-hybridized carbons (Fsp3) is 0.611. The van der Waals surface area contributed by atoms with Gasteiger partial charge in [-0.1, -0.05) is 26.0 Å². The molecule has 0 saturated carbocycles. The van der Waals surface area contributed by atoms with Crippen LogP contribution in [0, 0.1) is 0 Å². The van der Waals surface area contributed by atoms with E-state index in [9.17, 15) is 0 Å². The Morgan fingerprint density at radius 2 is 1.71 bits per heavy atom. The molecular formula is C18H32IN3O2. The van der Waals surface area contributed by atoms with Gasteiger partial charge in [-0.15, -0.1) is 24.0 Å². The zero-order chi connectivity index (χ0) is 17.5.